The fourth-order valence-electron chi connectivity index (χ4n) is 0. The lowest BCUT2D eigenvalue weighted by Gasteiger charge is -1.84. The third-order valence-corrected chi connectivity index (χ3v) is 0. The smallest absolute Gasteiger partial charge is 0.156 e. The molecule has 0 atom stereocenters. The lowest BCUT2D eigenvalue weighted by Crippen LogP contribution is -1.89. The van der Waals surface area contributed by atoms with E-state index in [1.54, 1.807) is 0 Å². The van der Waals surface area contributed by atoms with Crippen LogP contribution in [0.25, 0.3) is 0 Å². The van der Waals surface area contributed by atoms with Crippen LogP contribution in [0.3, 0.4) is 0 Å². The first-order valence-corrected chi connectivity index (χ1v) is 1.13. The van der Waals surface area contributed by atoms with Gasteiger partial charge in [0.1, 0.15) is 0 Å². The summed E-state index contributed by atoms with van der Waals surface area (Å²) in [6.07, 6.45) is 0. The summed E-state index contributed by atoms with van der Waals surface area (Å²) < 4.78 is 30.4. The van der Waals surface area contributed by atoms with Crippen LogP contribution in [-0.2, 0) is 0 Å². The lowest BCUT2D eigenvalue weighted by molar-refractivity contribution is -0.0420. The van der Waals surface area contributed by atoms with E-state index in [1.807, 2.05) is 0 Å². The Morgan fingerprint density at radius 3 is 1.17 bits per heavy atom. The number of alkyl halides is 4. The molecule has 6 heavy (non-hydrogen) atoms. The number of hydrogen-bond donors (Lipinski definition) is 0. The van der Waals surface area contributed by atoms with Gasteiger partial charge in [0.05, 0.1) is 0 Å². The molecule has 0 aromatic heterocycles. The Kier molecular flexibility index (Phi) is 4.80. The van der Waals surface area contributed by atoms with Gasteiger partial charge in [0, 0.05) is 0 Å². The van der Waals surface area contributed by atoms with Crippen molar-refractivity contribution in [1.29, 1.82) is 0 Å². The van der Waals surface area contributed by atoms with Crippen LogP contribution in [0.1, 0.15) is 0 Å². The molecular formula is CHClF3I. The minimum Gasteiger partial charge on any atom is -0.156 e. The molecule has 0 heterocycles. The van der Waals surface area contributed by atoms with Gasteiger partial charge < -0.3 is 0 Å². The first-order chi connectivity index (χ1) is 2.00. The quantitative estimate of drug-likeness (QED) is 0.444. The van der Waals surface area contributed by atoms with Crippen LogP contribution < -0.4 is 0 Å². The van der Waals surface area contributed by atoms with Crippen molar-refractivity contribution in [3.63, 3.8) is 0 Å². The molecule has 0 nitrogen and oxygen atoms in total. The van der Waals surface area contributed by atoms with E-state index in [4.69, 9.17) is 0 Å². The van der Waals surface area contributed by atoms with Gasteiger partial charge >= 0.3 is 5.64 Å². The second-order valence-electron chi connectivity index (χ2n) is 0.429. The predicted molar refractivity (Wildman–Crippen MR) is 27.3 cm³/mol. The van der Waals surface area contributed by atoms with Crippen molar-refractivity contribution in [2.24, 2.45) is 0 Å². The molecule has 40 valence electrons. The maximum absolute atomic E-state index is 10.1. The van der Waals surface area contributed by atoms with E-state index in [2.05, 4.69) is 11.6 Å². The first-order valence-electron chi connectivity index (χ1n) is 0.756. The summed E-state index contributed by atoms with van der Waals surface area (Å²) in [5.74, 6) is 0. The summed E-state index contributed by atoms with van der Waals surface area (Å²) in [7, 11) is 0. The van der Waals surface area contributed by atoms with Crippen molar-refractivity contribution in [2.45, 2.75) is 5.64 Å². The van der Waals surface area contributed by atoms with E-state index < -0.39 is 5.64 Å². The fourth-order valence-corrected chi connectivity index (χ4v) is 0. The van der Waals surface area contributed by atoms with E-state index in [-0.39, 0.29) is 24.0 Å². The highest BCUT2D eigenvalue weighted by Gasteiger charge is 2.20. The van der Waals surface area contributed by atoms with Crippen LogP contribution in [0.4, 0.5) is 13.2 Å². The van der Waals surface area contributed by atoms with Crippen LogP contribution in [0.15, 0.2) is 0 Å². The van der Waals surface area contributed by atoms with Crippen LogP contribution in [0.5, 0.6) is 0 Å². The zero-order valence-corrected chi connectivity index (χ0v) is 5.51. The molecule has 0 aliphatic carbocycles. The van der Waals surface area contributed by atoms with Gasteiger partial charge in [0.15, 0.2) is 0 Å². The molecule has 0 aliphatic heterocycles. The third kappa shape index (κ3) is 106. The van der Waals surface area contributed by atoms with E-state index in [0.717, 1.165) is 0 Å². The fraction of sp³-hybridized carbons (Fsp3) is 1.00. The molecule has 0 spiro atoms. The second kappa shape index (κ2) is 2.90. The predicted octanol–water partition coefficient (Wildman–Crippen LogP) is 2.36. The Labute approximate surface area is 54.7 Å². The van der Waals surface area contributed by atoms with Crippen molar-refractivity contribution >= 4 is 35.6 Å². The Hall–Kier alpha value is 0.810. The standard InChI is InChI=1S/CClF3.HI/c2-1(3,4)5;/h;1H. The topological polar surface area (TPSA) is 0 Å². The first kappa shape index (κ1) is 9.94. The molecule has 0 aliphatic rings. The molecule has 0 aromatic rings. The van der Waals surface area contributed by atoms with Gasteiger partial charge in [-0.25, -0.2) is 0 Å². The average molecular weight is 232 g/mol. The van der Waals surface area contributed by atoms with Gasteiger partial charge in [-0.1, -0.05) is 0 Å². The van der Waals surface area contributed by atoms with E-state index in [9.17, 15) is 13.2 Å². The Morgan fingerprint density at radius 1 is 1.17 bits per heavy atom. The van der Waals surface area contributed by atoms with E-state index in [1.165, 1.54) is 0 Å². The molecule has 0 saturated heterocycles. The second-order valence-corrected chi connectivity index (χ2v) is 0.857. The van der Waals surface area contributed by atoms with E-state index >= 15 is 0 Å². The Balaban J connectivity index is 0. The molecule has 0 amide bonds. The van der Waals surface area contributed by atoms with Gasteiger partial charge in [-0.15, -0.1) is 24.0 Å². The van der Waals surface area contributed by atoms with Crippen molar-refractivity contribution in [1.82, 2.24) is 0 Å². The number of rotatable bonds is 0. The number of hydrogen-bond acceptors (Lipinski definition) is 0. The van der Waals surface area contributed by atoms with Gasteiger partial charge in [0.25, 0.3) is 0 Å². The summed E-state index contributed by atoms with van der Waals surface area (Å²) >= 11 is 3.53. The monoisotopic (exact) mass is 232 g/mol. The maximum atomic E-state index is 10.1. The largest absolute Gasteiger partial charge is 0.475 e. The molecule has 0 N–H and O–H groups in total. The van der Waals surface area contributed by atoms with Crippen molar-refractivity contribution in [2.75, 3.05) is 0 Å². The molecule has 0 aromatic carbocycles. The molecule has 0 radical (unpaired) electrons. The molecule has 0 saturated carbocycles. The van der Waals surface area contributed by atoms with Gasteiger partial charge in [-0.05, 0) is 11.6 Å². The normalized spacial score (nSPS) is 10.0. The summed E-state index contributed by atoms with van der Waals surface area (Å²) in [4.78, 5) is 0. The molecule has 0 rings (SSSR count). The SMILES string of the molecule is FC(F)(F)Cl.I. The van der Waals surface area contributed by atoms with Gasteiger partial charge in [0.2, 0.25) is 0 Å². The Morgan fingerprint density at radius 2 is 1.17 bits per heavy atom. The van der Waals surface area contributed by atoms with Crippen molar-refractivity contribution in [3.05, 3.63) is 0 Å². The molecule has 0 unspecified atom stereocenters. The summed E-state index contributed by atoms with van der Waals surface area (Å²) in [6, 6.07) is 0. The summed E-state index contributed by atoms with van der Waals surface area (Å²) in [5.41, 5.74) is -4.53. The highest BCUT2D eigenvalue weighted by molar-refractivity contribution is 14.0. The van der Waals surface area contributed by atoms with Crippen LogP contribution in [0.2, 0.25) is 0 Å². The van der Waals surface area contributed by atoms with Crippen LogP contribution in [-0.4, -0.2) is 5.64 Å². The van der Waals surface area contributed by atoms with Gasteiger partial charge in [-0.3, -0.25) is 0 Å². The molecule has 5 heteroatoms. The maximum Gasteiger partial charge on any atom is 0.475 e. The average Bonchev–Trinajstić information content (AvgIpc) is 0.722. The van der Waals surface area contributed by atoms with Crippen molar-refractivity contribution in [3.8, 4) is 0 Å². The lowest BCUT2D eigenvalue weighted by atomic mass is 11.6. The van der Waals surface area contributed by atoms with Crippen molar-refractivity contribution < 1.29 is 13.2 Å². The van der Waals surface area contributed by atoms with E-state index in [0.29, 0.717) is 0 Å². The molecule has 0 fully saturated rings. The highest BCUT2D eigenvalue weighted by atomic mass is 127. The van der Waals surface area contributed by atoms with Crippen LogP contribution in [0, 0.1) is 0 Å². The molecular weight excluding hydrogens is 231 g/mol. The zero-order valence-electron chi connectivity index (χ0n) is 2.42. The van der Waals surface area contributed by atoms with Crippen LogP contribution >= 0.6 is 35.6 Å². The Bertz CT molecular complexity index is 26.3. The summed E-state index contributed by atoms with van der Waals surface area (Å²) in [6.45, 7) is 0. The highest BCUT2D eigenvalue weighted by Crippen LogP contribution is 2.18. The third-order valence-electron chi connectivity index (χ3n) is 0. The number of halogens is 5. The minimum absolute atomic E-state index is 0. The zero-order chi connectivity index (χ0) is 4.50. The minimum atomic E-state index is -4.53. The van der Waals surface area contributed by atoms with Gasteiger partial charge in [-0.2, -0.15) is 13.2 Å². The summed E-state index contributed by atoms with van der Waals surface area (Å²) in [5, 5.41) is 0. The molecule has 0 bridgehead atoms.